The summed E-state index contributed by atoms with van der Waals surface area (Å²) in [4.78, 5) is 0. The summed E-state index contributed by atoms with van der Waals surface area (Å²) in [5.74, 6) is 1.16. The second-order valence-electron chi connectivity index (χ2n) is 4.52. The highest BCUT2D eigenvalue weighted by molar-refractivity contribution is 9.10. The second kappa shape index (κ2) is 6.73. The minimum atomic E-state index is 0.310. The molecule has 100 valence electrons. The summed E-state index contributed by atoms with van der Waals surface area (Å²) in [6.07, 6.45) is 0.947. The van der Waals surface area contributed by atoms with Gasteiger partial charge in [0.1, 0.15) is 5.75 Å². The summed E-state index contributed by atoms with van der Waals surface area (Å²) in [5.41, 5.74) is 8.45. The fourth-order valence-electron chi connectivity index (χ4n) is 2.17. The van der Waals surface area contributed by atoms with Crippen LogP contribution in [0.15, 0.2) is 53.0 Å². The lowest BCUT2D eigenvalue weighted by molar-refractivity contribution is 0.411. The van der Waals surface area contributed by atoms with Gasteiger partial charge in [-0.1, -0.05) is 36.4 Å². The Labute approximate surface area is 122 Å². The van der Waals surface area contributed by atoms with Crippen molar-refractivity contribution in [3.8, 4) is 5.75 Å². The molecular weight excluding hydrogens is 302 g/mol. The lowest BCUT2D eigenvalue weighted by Crippen LogP contribution is -2.15. The van der Waals surface area contributed by atoms with Gasteiger partial charge in [0.25, 0.3) is 0 Å². The number of halogens is 1. The van der Waals surface area contributed by atoms with E-state index in [1.807, 2.05) is 12.1 Å². The van der Waals surface area contributed by atoms with Crippen LogP contribution in [-0.2, 0) is 6.42 Å². The van der Waals surface area contributed by atoms with E-state index in [9.17, 15) is 0 Å². The zero-order valence-corrected chi connectivity index (χ0v) is 12.6. The molecule has 19 heavy (non-hydrogen) atoms. The van der Waals surface area contributed by atoms with E-state index in [0.29, 0.717) is 12.5 Å². The zero-order chi connectivity index (χ0) is 13.7. The van der Waals surface area contributed by atoms with E-state index in [4.69, 9.17) is 10.5 Å². The molecule has 0 bridgehead atoms. The molecule has 0 aliphatic heterocycles. The molecule has 0 saturated carbocycles. The van der Waals surface area contributed by atoms with Gasteiger partial charge in [-0.25, -0.2) is 0 Å². The molecule has 0 saturated heterocycles. The molecule has 1 unspecified atom stereocenters. The average molecular weight is 320 g/mol. The van der Waals surface area contributed by atoms with Crippen molar-refractivity contribution in [1.82, 2.24) is 0 Å². The highest BCUT2D eigenvalue weighted by Gasteiger charge is 2.12. The first kappa shape index (κ1) is 14.1. The van der Waals surface area contributed by atoms with E-state index in [-0.39, 0.29) is 0 Å². The lowest BCUT2D eigenvalue weighted by atomic mass is 9.92. The van der Waals surface area contributed by atoms with Crippen molar-refractivity contribution in [3.05, 3.63) is 64.1 Å². The van der Waals surface area contributed by atoms with Crippen LogP contribution in [0.4, 0.5) is 0 Å². The lowest BCUT2D eigenvalue weighted by Gasteiger charge is -2.17. The molecule has 2 nitrogen and oxygen atoms in total. The van der Waals surface area contributed by atoms with Gasteiger partial charge in [-0.2, -0.15) is 0 Å². The molecule has 0 heterocycles. The third-order valence-corrected chi connectivity index (χ3v) is 3.91. The summed E-state index contributed by atoms with van der Waals surface area (Å²) in [7, 11) is 1.68. The predicted molar refractivity (Wildman–Crippen MR) is 82.6 cm³/mol. The highest BCUT2D eigenvalue weighted by atomic mass is 79.9. The van der Waals surface area contributed by atoms with Crippen molar-refractivity contribution in [1.29, 1.82) is 0 Å². The molecule has 2 aromatic rings. The minimum Gasteiger partial charge on any atom is -0.496 e. The number of benzene rings is 2. The smallest absolute Gasteiger partial charge is 0.133 e. The molecule has 2 rings (SSSR count). The maximum Gasteiger partial charge on any atom is 0.133 e. The van der Waals surface area contributed by atoms with Gasteiger partial charge in [-0.15, -0.1) is 0 Å². The molecule has 0 radical (unpaired) electrons. The molecule has 0 aliphatic rings. The molecule has 0 aromatic heterocycles. The van der Waals surface area contributed by atoms with Gasteiger partial charge >= 0.3 is 0 Å². The van der Waals surface area contributed by atoms with Crippen LogP contribution >= 0.6 is 15.9 Å². The standard InChI is InChI=1S/C16H18BrNO/c1-19-16-10-13(7-8-15(16)17)14(11-18)9-12-5-3-2-4-6-12/h2-8,10,14H,9,11,18H2,1H3. The van der Waals surface area contributed by atoms with Gasteiger partial charge in [-0.3, -0.25) is 0 Å². The Kier molecular flexibility index (Phi) is 5.00. The first-order chi connectivity index (χ1) is 9.24. The highest BCUT2D eigenvalue weighted by Crippen LogP contribution is 2.30. The molecular formula is C16H18BrNO. The van der Waals surface area contributed by atoms with Crippen LogP contribution in [0, 0.1) is 0 Å². The van der Waals surface area contributed by atoms with E-state index in [1.54, 1.807) is 7.11 Å². The predicted octanol–water partition coefficient (Wildman–Crippen LogP) is 3.74. The van der Waals surface area contributed by atoms with Gasteiger partial charge in [0.15, 0.2) is 0 Å². The van der Waals surface area contributed by atoms with Crippen molar-refractivity contribution < 1.29 is 4.74 Å². The van der Waals surface area contributed by atoms with Crippen LogP contribution < -0.4 is 10.5 Å². The fraction of sp³-hybridized carbons (Fsp3) is 0.250. The normalized spacial score (nSPS) is 12.2. The molecule has 0 amide bonds. The number of hydrogen-bond donors (Lipinski definition) is 1. The Morgan fingerprint density at radius 1 is 1.16 bits per heavy atom. The van der Waals surface area contributed by atoms with Crippen molar-refractivity contribution in [2.45, 2.75) is 12.3 Å². The Hall–Kier alpha value is -1.32. The Balaban J connectivity index is 2.22. The molecule has 2 aromatic carbocycles. The van der Waals surface area contributed by atoms with Gasteiger partial charge in [0.05, 0.1) is 11.6 Å². The van der Waals surface area contributed by atoms with Crippen LogP contribution in [0.25, 0.3) is 0 Å². The van der Waals surface area contributed by atoms with Crippen molar-refractivity contribution in [2.75, 3.05) is 13.7 Å². The Bertz CT molecular complexity index is 528. The summed E-state index contributed by atoms with van der Waals surface area (Å²) in [5, 5.41) is 0. The van der Waals surface area contributed by atoms with Gasteiger partial charge in [0, 0.05) is 5.92 Å². The number of rotatable bonds is 5. The maximum atomic E-state index is 5.93. The summed E-state index contributed by atoms with van der Waals surface area (Å²) < 4.78 is 6.31. The largest absolute Gasteiger partial charge is 0.496 e. The number of hydrogen-bond acceptors (Lipinski definition) is 2. The van der Waals surface area contributed by atoms with Crippen LogP contribution in [-0.4, -0.2) is 13.7 Å². The zero-order valence-electron chi connectivity index (χ0n) is 11.0. The van der Waals surface area contributed by atoms with E-state index >= 15 is 0 Å². The molecule has 0 aliphatic carbocycles. The minimum absolute atomic E-state index is 0.310. The average Bonchev–Trinajstić information content (AvgIpc) is 2.46. The van der Waals surface area contributed by atoms with E-state index in [2.05, 4.69) is 52.3 Å². The van der Waals surface area contributed by atoms with Crippen molar-refractivity contribution in [2.24, 2.45) is 5.73 Å². The molecule has 0 fully saturated rings. The molecule has 1 atom stereocenters. The second-order valence-corrected chi connectivity index (χ2v) is 5.37. The van der Waals surface area contributed by atoms with Gasteiger partial charge in [0.2, 0.25) is 0 Å². The first-order valence-electron chi connectivity index (χ1n) is 6.32. The van der Waals surface area contributed by atoms with E-state index < -0.39 is 0 Å². The molecule has 2 N–H and O–H groups in total. The van der Waals surface area contributed by atoms with Crippen LogP contribution in [0.1, 0.15) is 17.0 Å². The number of nitrogens with two attached hydrogens (primary N) is 1. The number of methoxy groups -OCH3 is 1. The van der Waals surface area contributed by atoms with Crippen LogP contribution in [0.3, 0.4) is 0 Å². The summed E-state index contributed by atoms with van der Waals surface area (Å²) in [6, 6.07) is 16.6. The van der Waals surface area contributed by atoms with Gasteiger partial charge in [-0.05, 0) is 52.2 Å². The van der Waals surface area contributed by atoms with Crippen LogP contribution in [0.5, 0.6) is 5.75 Å². The van der Waals surface area contributed by atoms with Crippen molar-refractivity contribution in [3.63, 3.8) is 0 Å². The Morgan fingerprint density at radius 3 is 2.53 bits per heavy atom. The topological polar surface area (TPSA) is 35.2 Å². The maximum absolute atomic E-state index is 5.93. The van der Waals surface area contributed by atoms with Crippen LogP contribution in [0.2, 0.25) is 0 Å². The SMILES string of the molecule is COc1cc(C(CN)Cc2ccccc2)ccc1Br. The summed E-state index contributed by atoms with van der Waals surface area (Å²) >= 11 is 3.47. The third kappa shape index (κ3) is 3.58. The quantitative estimate of drug-likeness (QED) is 0.911. The fourth-order valence-corrected chi connectivity index (χ4v) is 2.57. The van der Waals surface area contributed by atoms with E-state index in [1.165, 1.54) is 11.1 Å². The van der Waals surface area contributed by atoms with Gasteiger partial charge < -0.3 is 10.5 Å². The first-order valence-corrected chi connectivity index (χ1v) is 7.11. The Morgan fingerprint density at radius 2 is 1.89 bits per heavy atom. The van der Waals surface area contributed by atoms with E-state index in [0.717, 1.165) is 16.6 Å². The van der Waals surface area contributed by atoms with Crippen molar-refractivity contribution >= 4 is 15.9 Å². The molecule has 3 heteroatoms. The molecule has 0 spiro atoms. The monoisotopic (exact) mass is 319 g/mol. The summed E-state index contributed by atoms with van der Waals surface area (Å²) in [6.45, 7) is 0.625. The number of ether oxygens (including phenoxy) is 1. The third-order valence-electron chi connectivity index (χ3n) is 3.26.